The Bertz CT molecular complexity index is 506. The normalized spacial score (nSPS) is 10.7. The fourth-order valence-electron chi connectivity index (χ4n) is 1.64. The average molecular weight is 190 g/mol. The summed E-state index contributed by atoms with van der Waals surface area (Å²) in [7, 11) is 1.90. The maximum absolute atomic E-state index is 9.54. The first-order valence-corrected chi connectivity index (χ1v) is 4.41. The van der Waals surface area contributed by atoms with Crippen molar-refractivity contribution >= 4 is 10.9 Å². The largest absolute Gasteiger partial charge is 0.504 e. The second kappa shape index (κ2) is 2.87. The van der Waals surface area contributed by atoms with E-state index in [1.807, 2.05) is 29.9 Å². The first-order chi connectivity index (χ1) is 6.61. The molecule has 0 atom stereocenters. The van der Waals surface area contributed by atoms with Crippen molar-refractivity contribution in [3.63, 3.8) is 0 Å². The summed E-state index contributed by atoms with van der Waals surface area (Å²) in [6, 6.07) is 5.40. The number of phenols is 2. The zero-order valence-corrected chi connectivity index (χ0v) is 8.15. The smallest absolute Gasteiger partial charge is 0.216 e. The molecule has 0 bridgehead atoms. The van der Waals surface area contributed by atoms with Gasteiger partial charge in [-0.15, -0.1) is 0 Å². The quantitative estimate of drug-likeness (QED) is 0.487. The van der Waals surface area contributed by atoms with Crippen molar-refractivity contribution < 1.29 is 14.8 Å². The number of phenolic OH excluding ortho intramolecular Hbond substituents is 2. The minimum atomic E-state index is -0.0724. The predicted octanol–water partition coefficient (Wildman–Crippen LogP) is 1.38. The number of nitrogens with zero attached hydrogens (tertiary/aromatic N) is 1. The van der Waals surface area contributed by atoms with Crippen LogP contribution in [0.25, 0.3) is 10.9 Å². The molecule has 1 heterocycles. The van der Waals surface area contributed by atoms with Gasteiger partial charge < -0.3 is 10.2 Å². The zero-order chi connectivity index (χ0) is 10.3. The number of hydrogen-bond acceptors (Lipinski definition) is 2. The summed E-state index contributed by atoms with van der Waals surface area (Å²) in [5, 5.41) is 19.9. The van der Waals surface area contributed by atoms with E-state index >= 15 is 0 Å². The number of hydrogen-bond donors (Lipinski definition) is 2. The number of fused-ring (bicyclic) bond motifs is 1. The van der Waals surface area contributed by atoms with Gasteiger partial charge in [-0.2, -0.15) is 0 Å². The van der Waals surface area contributed by atoms with Gasteiger partial charge in [-0.25, -0.2) is 4.57 Å². The van der Waals surface area contributed by atoms with E-state index in [0.717, 1.165) is 10.9 Å². The van der Waals surface area contributed by atoms with Gasteiger partial charge in [0.15, 0.2) is 17.7 Å². The Kier molecular flexibility index (Phi) is 1.81. The summed E-state index contributed by atoms with van der Waals surface area (Å²) in [4.78, 5) is 0. The summed E-state index contributed by atoms with van der Waals surface area (Å²) >= 11 is 0. The molecule has 0 unspecified atom stereocenters. The molecule has 0 radical (unpaired) electrons. The molecule has 3 heteroatoms. The predicted molar refractivity (Wildman–Crippen MR) is 53.2 cm³/mol. The molecule has 2 N–H and O–H groups in total. The van der Waals surface area contributed by atoms with Crippen molar-refractivity contribution in [2.45, 2.75) is 6.92 Å². The Balaban J connectivity index is 2.98. The van der Waals surface area contributed by atoms with Gasteiger partial charge in [0, 0.05) is 11.6 Å². The minimum absolute atomic E-state index is 0.0382. The highest BCUT2D eigenvalue weighted by molar-refractivity contribution is 5.84. The van der Waals surface area contributed by atoms with Crippen molar-refractivity contribution in [2.75, 3.05) is 0 Å². The Hall–Kier alpha value is -1.77. The molecule has 2 aromatic rings. The van der Waals surface area contributed by atoms with E-state index in [1.54, 1.807) is 13.0 Å². The van der Waals surface area contributed by atoms with Gasteiger partial charge in [0.25, 0.3) is 0 Å². The molecule has 0 spiro atoms. The van der Waals surface area contributed by atoms with Gasteiger partial charge >= 0.3 is 0 Å². The Morgan fingerprint density at radius 1 is 1.29 bits per heavy atom. The van der Waals surface area contributed by atoms with Crippen LogP contribution in [-0.4, -0.2) is 10.2 Å². The molecular formula is C11H12NO2+. The van der Waals surface area contributed by atoms with Crippen LogP contribution in [0.3, 0.4) is 0 Å². The van der Waals surface area contributed by atoms with Gasteiger partial charge in [-0.05, 0) is 13.0 Å². The number of pyridine rings is 1. The standard InChI is InChI=1S/C11H11NO2/c1-7-8-4-3-5-12(2)9(8)6-10(13)11(7)14/h3-6,14H,1-2H3/p+1. The first-order valence-electron chi connectivity index (χ1n) is 4.41. The number of aromatic hydroxyl groups is 2. The molecule has 0 fully saturated rings. The summed E-state index contributed by atoms with van der Waals surface area (Å²) < 4.78 is 1.90. The highest BCUT2D eigenvalue weighted by Gasteiger charge is 2.13. The monoisotopic (exact) mass is 190 g/mol. The third-order valence-electron chi connectivity index (χ3n) is 2.50. The van der Waals surface area contributed by atoms with Crippen molar-refractivity contribution in [1.82, 2.24) is 0 Å². The molecule has 0 aliphatic carbocycles. The zero-order valence-electron chi connectivity index (χ0n) is 8.15. The Morgan fingerprint density at radius 2 is 2.00 bits per heavy atom. The maximum atomic E-state index is 9.54. The highest BCUT2D eigenvalue weighted by atomic mass is 16.3. The van der Waals surface area contributed by atoms with Crippen LogP contribution in [0.5, 0.6) is 11.5 Å². The van der Waals surface area contributed by atoms with Crippen LogP contribution in [-0.2, 0) is 7.05 Å². The lowest BCUT2D eigenvalue weighted by Gasteiger charge is -2.04. The van der Waals surface area contributed by atoms with Crippen LogP contribution in [0.2, 0.25) is 0 Å². The van der Waals surface area contributed by atoms with E-state index in [-0.39, 0.29) is 11.5 Å². The summed E-state index contributed by atoms with van der Waals surface area (Å²) in [6.07, 6.45) is 1.90. The number of aromatic nitrogens is 1. The second-order valence-electron chi connectivity index (χ2n) is 3.42. The van der Waals surface area contributed by atoms with Crippen molar-refractivity contribution in [3.8, 4) is 11.5 Å². The second-order valence-corrected chi connectivity index (χ2v) is 3.42. The van der Waals surface area contributed by atoms with Gasteiger partial charge in [0.05, 0.1) is 11.5 Å². The molecule has 1 aromatic carbocycles. The third-order valence-corrected chi connectivity index (χ3v) is 2.50. The minimum Gasteiger partial charge on any atom is -0.504 e. The number of aryl methyl sites for hydroxylation is 2. The Labute approximate surface area is 81.9 Å². The van der Waals surface area contributed by atoms with Crippen LogP contribution in [0, 0.1) is 6.92 Å². The fourth-order valence-corrected chi connectivity index (χ4v) is 1.64. The van der Waals surface area contributed by atoms with Crippen molar-refractivity contribution in [2.24, 2.45) is 7.05 Å². The van der Waals surface area contributed by atoms with Crippen LogP contribution >= 0.6 is 0 Å². The molecule has 0 saturated carbocycles. The summed E-state index contributed by atoms with van der Waals surface area (Å²) in [5.41, 5.74) is 1.61. The maximum Gasteiger partial charge on any atom is 0.216 e. The van der Waals surface area contributed by atoms with E-state index < -0.39 is 0 Å². The highest BCUT2D eigenvalue weighted by Crippen LogP contribution is 2.33. The van der Waals surface area contributed by atoms with E-state index in [9.17, 15) is 10.2 Å². The molecular weight excluding hydrogens is 178 g/mol. The van der Waals surface area contributed by atoms with Gasteiger partial charge in [0.2, 0.25) is 5.52 Å². The van der Waals surface area contributed by atoms with Gasteiger partial charge in [0.1, 0.15) is 7.05 Å². The lowest BCUT2D eigenvalue weighted by molar-refractivity contribution is -0.644. The Morgan fingerprint density at radius 3 is 2.71 bits per heavy atom. The molecule has 1 aromatic heterocycles. The van der Waals surface area contributed by atoms with E-state index in [2.05, 4.69) is 0 Å². The molecule has 0 saturated heterocycles. The van der Waals surface area contributed by atoms with Crippen molar-refractivity contribution in [3.05, 3.63) is 30.0 Å². The first kappa shape index (κ1) is 8.81. The lowest BCUT2D eigenvalue weighted by atomic mass is 10.1. The SMILES string of the molecule is Cc1c(O)c(O)cc2c1ccc[n+]2C. The van der Waals surface area contributed by atoms with Gasteiger partial charge in [-0.1, -0.05) is 0 Å². The van der Waals surface area contributed by atoms with Gasteiger partial charge in [-0.3, -0.25) is 0 Å². The van der Waals surface area contributed by atoms with E-state index in [4.69, 9.17) is 0 Å². The topological polar surface area (TPSA) is 44.3 Å². The summed E-state index contributed by atoms with van der Waals surface area (Å²) in [6.45, 7) is 1.79. The van der Waals surface area contributed by atoms with E-state index in [0.29, 0.717) is 5.56 Å². The van der Waals surface area contributed by atoms with Crippen LogP contribution in [0.1, 0.15) is 5.56 Å². The van der Waals surface area contributed by atoms with Crippen LogP contribution in [0.4, 0.5) is 0 Å². The van der Waals surface area contributed by atoms with Crippen molar-refractivity contribution in [1.29, 1.82) is 0 Å². The summed E-state index contributed by atoms with van der Waals surface area (Å²) in [5.74, 6) is -0.111. The number of benzene rings is 1. The molecule has 0 aliphatic rings. The van der Waals surface area contributed by atoms with Crippen LogP contribution in [0.15, 0.2) is 24.4 Å². The molecule has 14 heavy (non-hydrogen) atoms. The lowest BCUT2D eigenvalue weighted by Crippen LogP contribution is -2.27. The number of rotatable bonds is 0. The molecule has 3 nitrogen and oxygen atoms in total. The average Bonchev–Trinajstić information content (AvgIpc) is 2.17. The van der Waals surface area contributed by atoms with Crippen LogP contribution < -0.4 is 4.57 Å². The third kappa shape index (κ3) is 1.09. The van der Waals surface area contributed by atoms with E-state index in [1.165, 1.54) is 0 Å². The molecule has 2 rings (SSSR count). The fraction of sp³-hybridized carbons (Fsp3) is 0.182. The molecule has 0 amide bonds. The molecule has 72 valence electrons. The molecule has 0 aliphatic heterocycles.